The van der Waals surface area contributed by atoms with Crippen molar-refractivity contribution in [1.82, 2.24) is 4.90 Å². The molecule has 206 valence electrons. The molecule has 0 saturated heterocycles. The summed E-state index contributed by atoms with van der Waals surface area (Å²) >= 11 is 0. The average Bonchev–Trinajstić information content (AvgIpc) is 2.88. The van der Waals surface area contributed by atoms with Crippen LogP contribution in [-0.2, 0) is 32.6 Å². The minimum Gasteiger partial charge on any atom is -0.459 e. The lowest BCUT2D eigenvalue weighted by Crippen LogP contribution is -2.48. The van der Waals surface area contributed by atoms with Crippen molar-refractivity contribution in [3.8, 4) is 11.8 Å². The van der Waals surface area contributed by atoms with Crippen molar-refractivity contribution in [1.29, 1.82) is 0 Å². The summed E-state index contributed by atoms with van der Waals surface area (Å²) < 4.78 is 44.1. The molecule has 0 aromatic heterocycles. The summed E-state index contributed by atoms with van der Waals surface area (Å²) in [6, 6.07) is 12.0. The average molecular weight is 530 g/mol. The van der Waals surface area contributed by atoms with Gasteiger partial charge in [-0.25, -0.2) is 4.79 Å². The summed E-state index contributed by atoms with van der Waals surface area (Å²) in [7, 11) is 0. The van der Waals surface area contributed by atoms with Gasteiger partial charge < -0.3 is 9.64 Å². The molecule has 0 spiro atoms. The molecular formula is C31H38F3NO3. The van der Waals surface area contributed by atoms with Gasteiger partial charge in [0.05, 0.1) is 17.7 Å². The minimum absolute atomic E-state index is 0.0330. The van der Waals surface area contributed by atoms with Gasteiger partial charge in [0.2, 0.25) is 0 Å². The Bertz CT molecular complexity index is 1090. The molecule has 0 heterocycles. The van der Waals surface area contributed by atoms with Crippen LogP contribution in [0.1, 0.15) is 94.9 Å². The smallest absolute Gasteiger partial charge is 0.416 e. The fourth-order valence-electron chi connectivity index (χ4n) is 4.08. The second-order valence-corrected chi connectivity index (χ2v) is 9.76. The first-order chi connectivity index (χ1) is 18.0. The van der Waals surface area contributed by atoms with Crippen molar-refractivity contribution < 1.29 is 27.5 Å². The van der Waals surface area contributed by atoms with Crippen LogP contribution in [0, 0.1) is 11.8 Å². The van der Waals surface area contributed by atoms with Crippen molar-refractivity contribution in [2.45, 2.75) is 90.9 Å². The number of carbonyl (C=O) groups excluding carboxylic acids is 2. The minimum atomic E-state index is -4.47. The zero-order chi connectivity index (χ0) is 28.2. The Balaban J connectivity index is 2.17. The van der Waals surface area contributed by atoms with Gasteiger partial charge >= 0.3 is 18.1 Å². The Labute approximate surface area is 224 Å². The summed E-state index contributed by atoms with van der Waals surface area (Å²) in [5.74, 6) is 4.50. The van der Waals surface area contributed by atoms with Crippen molar-refractivity contribution >= 4 is 11.9 Å². The number of nitrogens with zero attached hydrogens (tertiary/aromatic N) is 1. The number of ether oxygens (including phenoxy) is 1. The van der Waals surface area contributed by atoms with E-state index in [0.29, 0.717) is 5.56 Å². The van der Waals surface area contributed by atoms with Crippen molar-refractivity contribution in [3.05, 3.63) is 70.8 Å². The molecule has 0 aliphatic carbocycles. The lowest BCUT2D eigenvalue weighted by atomic mass is 9.90. The standard InChI is InChI=1S/C31H38F3NO3/c1-5-7-8-9-10-11-12-13-14-24-15-17-25(18-16-24)23-35(28(36)29(37)38-6-2)30(3,4)26-19-21-27(22-20-26)31(32,33)34/h15-22H,5-12,23H2,1-4H3. The van der Waals surface area contributed by atoms with E-state index >= 15 is 0 Å². The Kier molecular flexibility index (Phi) is 11.9. The first-order valence-corrected chi connectivity index (χ1v) is 13.2. The largest absolute Gasteiger partial charge is 0.459 e. The third-order valence-corrected chi connectivity index (χ3v) is 6.47. The lowest BCUT2D eigenvalue weighted by molar-refractivity contribution is -0.163. The van der Waals surface area contributed by atoms with Crippen molar-refractivity contribution in [2.75, 3.05) is 6.61 Å². The van der Waals surface area contributed by atoms with Crippen LogP contribution >= 0.6 is 0 Å². The van der Waals surface area contributed by atoms with Gasteiger partial charge in [-0.3, -0.25) is 4.79 Å². The number of hydrogen-bond acceptors (Lipinski definition) is 3. The normalized spacial score (nSPS) is 11.4. The summed E-state index contributed by atoms with van der Waals surface area (Å²) in [6.07, 6.45) is 3.68. The molecule has 1 amide bonds. The van der Waals surface area contributed by atoms with E-state index in [1.54, 1.807) is 20.8 Å². The summed E-state index contributed by atoms with van der Waals surface area (Å²) in [5.41, 5.74) is 0.187. The molecule has 0 fully saturated rings. The van der Waals surface area contributed by atoms with E-state index in [1.807, 2.05) is 24.3 Å². The topological polar surface area (TPSA) is 46.6 Å². The van der Waals surface area contributed by atoms with Gasteiger partial charge in [-0.05, 0) is 62.6 Å². The number of amides is 1. The Morgan fingerprint density at radius 1 is 0.842 bits per heavy atom. The van der Waals surface area contributed by atoms with Crippen molar-refractivity contribution in [2.24, 2.45) is 0 Å². The summed E-state index contributed by atoms with van der Waals surface area (Å²) in [5, 5.41) is 0. The Hall–Kier alpha value is -3.27. The van der Waals surface area contributed by atoms with Crippen LogP contribution in [0.4, 0.5) is 13.2 Å². The first kappa shape index (κ1) is 31.0. The molecule has 0 unspecified atom stereocenters. The maximum Gasteiger partial charge on any atom is 0.416 e. The highest BCUT2D eigenvalue weighted by Gasteiger charge is 2.37. The molecule has 0 atom stereocenters. The van der Waals surface area contributed by atoms with Crippen LogP contribution in [0.5, 0.6) is 0 Å². The first-order valence-electron chi connectivity index (χ1n) is 13.2. The number of hydrogen-bond donors (Lipinski definition) is 0. The van der Waals surface area contributed by atoms with Crippen LogP contribution in [0.3, 0.4) is 0 Å². The maximum absolute atomic E-state index is 13.1. The van der Waals surface area contributed by atoms with Crippen LogP contribution in [0.2, 0.25) is 0 Å². The molecule has 2 rings (SSSR count). The number of halogens is 3. The number of benzene rings is 2. The van der Waals surface area contributed by atoms with Crippen molar-refractivity contribution in [3.63, 3.8) is 0 Å². The second kappa shape index (κ2) is 14.6. The lowest BCUT2D eigenvalue weighted by Gasteiger charge is -2.38. The van der Waals surface area contributed by atoms with Gasteiger partial charge in [-0.15, -0.1) is 0 Å². The second-order valence-electron chi connectivity index (χ2n) is 9.76. The number of unbranched alkanes of at least 4 members (excludes halogenated alkanes) is 6. The van der Waals surface area contributed by atoms with Gasteiger partial charge in [0.15, 0.2) is 0 Å². The molecule has 2 aromatic carbocycles. The van der Waals surface area contributed by atoms with Gasteiger partial charge in [-0.1, -0.05) is 75.1 Å². The third kappa shape index (κ3) is 9.24. The van der Waals surface area contributed by atoms with Gasteiger partial charge in [0, 0.05) is 18.5 Å². The molecule has 7 heteroatoms. The fraction of sp³-hybridized carbons (Fsp3) is 0.484. The van der Waals surface area contributed by atoms with E-state index in [4.69, 9.17) is 4.74 Å². The van der Waals surface area contributed by atoms with Crippen LogP contribution in [0.15, 0.2) is 48.5 Å². The van der Waals surface area contributed by atoms with E-state index in [-0.39, 0.29) is 13.2 Å². The van der Waals surface area contributed by atoms with Gasteiger partial charge in [0.25, 0.3) is 0 Å². The number of carbonyl (C=O) groups is 2. The predicted molar refractivity (Wildman–Crippen MR) is 143 cm³/mol. The summed E-state index contributed by atoms with van der Waals surface area (Å²) in [4.78, 5) is 26.8. The van der Waals surface area contributed by atoms with Gasteiger partial charge in [0.1, 0.15) is 0 Å². The number of rotatable bonds is 11. The fourth-order valence-corrected chi connectivity index (χ4v) is 4.08. The molecule has 0 aliphatic heterocycles. The molecule has 0 radical (unpaired) electrons. The SMILES string of the molecule is CCCCCCCCC#Cc1ccc(CN(C(=O)C(=O)OCC)C(C)(C)c2ccc(C(F)(F)F)cc2)cc1. The molecular weight excluding hydrogens is 491 g/mol. The highest BCUT2D eigenvalue weighted by Crippen LogP contribution is 2.34. The molecule has 0 N–H and O–H groups in total. The number of esters is 1. The van der Waals surface area contributed by atoms with Crippen LogP contribution in [-0.4, -0.2) is 23.4 Å². The maximum atomic E-state index is 13.1. The Morgan fingerprint density at radius 2 is 1.42 bits per heavy atom. The molecule has 38 heavy (non-hydrogen) atoms. The zero-order valence-corrected chi connectivity index (χ0v) is 22.8. The van der Waals surface area contributed by atoms with E-state index in [0.717, 1.165) is 36.1 Å². The highest BCUT2D eigenvalue weighted by molar-refractivity contribution is 6.32. The molecule has 0 aliphatic rings. The third-order valence-electron chi connectivity index (χ3n) is 6.47. The van der Waals surface area contributed by atoms with E-state index in [2.05, 4.69) is 18.8 Å². The quantitative estimate of drug-likeness (QED) is 0.130. The van der Waals surface area contributed by atoms with E-state index in [9.17, 15) is 22.8 Å². The predicted octanol–water partition coefficient (Wildman–Crippen LogP) is 7.63. The summed E-state index contributed by atoms with van der Waals surface area (Å²) in [6.45, 7) is 7.28. The highest BCUT2D eigenvalue weighted by atomic mass is 19.4. The number of alkyl halides is 3. The molecule has 0 bridgehead atoms. The molecule has 4 nitrogen and oxygen atoms in total. The Morgan fingerprint density at radius 3 is 2.00 bits per heavy atom. The van der Waals surface area contributed by atoms with Crippen LogP contribution < -0.4 is 0 Å². The van der Waals surface area contributed by atoms with E-state index < -0.39 is 29.2 Å². The monoisotopic (exact) mass is 529 g/mol. The molecule has 0 saturated carbocycles. The van der Waals surface area contributed by atoms with Crippen LogP contribution in [0.25, 0.3) is 0 Å². The molecule has 2 aromatic rings. The van der Waals surface area contributed by atoms with Gasteiger partial charge in [-0.2, -0.15) is 13.2 Å². The van der Waals surface area contributed by atoms with E-state index in [1.165, 1.54) is 49.1 Å². The zero-order valence-electron chi connectivity index (χ0n) is 22.8.